The second kappa shape index (κ2) is 5.27. The van der Waals surface area contributed by atoms with Crippen molar-refractivity contribution in [3.8, 4) is 0 Å². The summed E-state index contributed by atoms with van der Waals surface area (Å²) in [6.07, 6.45) is 6.91. The van der Waals surface area contributed by atoms with Crippen LogP contribution in [0.1, 0.15) is 79.1 Å². The molecule has 0 aromatic heterocycles. The molecule has 138 valence electrons. The first-order chi connectivity index (χ1) is 11.6. The van der Waals surface area contributed by atoms with Gasteiger partial charge in [0.05, 0.1) is 0 Å². The number of carbonyl (C=O) groups excluding carboxylic acids is 3. The van der Waals surface area contributed by atoms with Crippen LogP contribution in [0.2, 0.25) is 0 Å². The lowest BCUT2D eigenvalue weighted by Crippen LogP contribution is -2.62. The van der Waals surface area contributed by atoms with E-state index in [0.717, 1.165) is 32.1 Å². The van der Waals surface area contributed by atoms with Gasteiger partial charge in [0.15, 0.2) is 0 Å². The first-order valence-corrected chi connectivity index (χ1v) is 10.2. The van der Waals surface area contributed by atoms with Crippen molar-refractivity contribution in [2.24, 2.45) is 39.9 Å². The van der Waals surface area contributed by atoms with Crippen molar-refractivity contribution in [2.45, 2.75) is 79.1 Å². The monoisotopic (exact) mass is 344 g/mol. The Morgan fingerprint density at radius 3 is 2.36 bits per heavy atom. The SMILES string of the molecule is CC(=O)[C@@H]1CC[C@H]2[C@]3(C)CC[C@H]4CC(=O)CC[C@]4(C)[C@H]3C(=O)C[C@@]21C. The van der Waals surface area contributed by atoms with Gasteiger partial charge in [-0.05, 0) is 67.1 Å². The third-order valence-corrected chi connectivity index (χ3v) is 9.20. The molecule has 0 heterocycles. The van der Waals surface area contributed by atoms with Crippen molar-refractivity contribution in [2.75, 3.05) is 0 Å². The summed E-state index contributed by atoms with van der Waals surface area (Å²) in [7, 11) is 0. The lowest BCUT2D eigenvalue weighted by atomic mass is 9.39. The maximum Gasteiger partial charge on any atom is 0.137 e. The van der Waals surface area contributed by atoms with Crippen LogP contribution in [-0.4, -0.2) is 17.3 Å². The molecule has 0 N–H and O–H groups in total. The van der Waals surface area contributed by atoms with E-state index < -0.39 is 0 Å². The summed E-state index contributed by atoms with van der Waals surface area (Å²) in [5, 5.41) is 0. The van der Waals surface area contributed by atoms with E-state index in [2.05, 4.69) is 20.8 Å². The molecule has 4 saturated carbocycles. The summed E-state index contributed by atoms with van der Waals surface area (Å²) in [5.41, 5.74) is -0.171. The second-order valence-electron chi connectivity index (χ2n) is 10.4. The number of ketones is 3. The largest absolute Gasteiger partial charge is 0.300 e. The molecule has 3 heteroatoms. The van der Waals surface area contributed by atoms with Gasteiger partial charge in [0.25, 0.3) is 0 Å². The second-order valence-corrected chi connectivity index (χ2v) is 10.4. The number of fused-ring (bicyclic) bond motifs is 5. The van der Waals surface area contributed by atoms with Gasteiger partial charge >= 0.3 is 0 Å². The molecule has 4 rings (SSSR count). The zero-order valence-electron chi connectivity index (χ0n) is 16.2. The molecule has 0 spiro atoms. The molecule has 0 aliphatic heterocycles. The van der Waals surface area contributed by atoms with Crippen LogP contribution in [0.5, 0.6) is 0 Å². The van der Waals surface area contributed by atoms with Crippen LogP contribution in [0.3, 0.4) is 0 Å². The lowest BCUT2D eigenvalue weighted by Gasteiger charge is -2.64. The fourth-order valence-electron chi connectivity index (χ4n) is 8.24. The van der Waals surface area contributed by atoms with Crippen molar-refractivity contribution >= 4 is 17.3 Å². The molecule has 4 fully saturated rings. The third kappa shape index (κ3) is 2.13. The Morgan fingerprint density at radius 2 is 1.68 bits per heavy atom. The van der Waals surface area contributed by atoms with Crippen LogP contribution in [0.25, 0.3) is 0 Å². The molecule has 4 aliphatic carbocycles. The molecule has 0 bridgehead atoms. The van der Waals surface area contributed by atoms with Crippen LogP contribution in [0, 0.1) is 39.9 Å². The van der Waals surface area contributed by atoms with Gasteiger partial charge < -0.3 is 0 Å². The fraction of sp³-hybridized carbons (Fsp3) is 0.864. The van der Waals surface area contributed by atoms with Gasteiger partial charge in [-0.1, -0.05) is 20.8 Å². The van der Waals surface area contributed by atoms with Gasteiger partial charge in [-0.2, -0.15) is 0 Å². The predicted molar refractivity (Wildman–Crippen MR) is 95.9 cm³/mol. The number of carbonyl (C=O) groups is 3. The number of rotatable bonds is 1. The summed E-state index contributed by atoms with van der Waals surface area (Å²) < 4.78 is 0. The minimum Gasteiger partial charge on any atom is -0.300 e. The summed E-state index contributed by atoms with van der Waals surface area (Å²) in [5.74, 6) is 2.01. The normalized spacial score (nSPS) is 52.3. The van der Waals surface area contributed by atoms with Crippen LogP contribution in [0.4, 0.5) is 0 Å². The molecule has 0 saturated heterocycles. The van der Waals surface area contributed by atoms with Crippen molar-refractivity contribution < 1.29 is 14.4 Å². The van der Waals surface area contributed by atoms with E-state index in [0.29, 0.717) is 42.7 Å². The Balaban J connectivity index is 1.76. The summed E-state index contributed by atoms with van der Waals surface area (Å²) in [4.78, 5) is 37.8. The molecule has 4 aliphatic rings. The van der Waals surface area contributed by atoms with E-state index in [1.807, 2.05) is 0 Å². The zero-order valence-corrected chi connectivity index (χ0v) is 16.2. The number of hydrogen-bond donors (Lipinski definition) is 0. The molecular weight excluding hydrogens is 312 g/mol. The van der Waals surface area contributed by atoms with Gasteiger partial charge in [0, 0.05) is 31.1 Å². The van der Waals surface area contributed by atoms with Gasteiger partial charge in [0.1, 0.15) is 17.3 Å². The number of Topliss-reactive ketones (excluding diaryl/α,β-unsaturated/α-hetero) is 3. The van der Waals surface area contributed by atoms with Crippen molar-refractivity contribution in [3.63, 3.8) is 0 Å². The van der Waals surface area contributed by atoms with Crippen LogP contribution in [0.15, 0.2) is 0 Å². The Hall–Kier alpha value is -0.990. The van der Waals surface area contributed by atoms with Gasteiger partial charge in [0.2, 0.25) is 0 Å². The Labute approximate surface area is 151 Å². The van der Waals surface area contributed by atoms with E-state index in [9.17, 15) is 14.4 Å². The van der Waals surface area contributed by atoms with Crippen molar-refractivity contribution in [1.29, 1.82) is 0 Å². The number of hydrogen-bond acceptors (Lipinski definition) is 3. The topological polar surface area (TPSA) is 51.2 Å². The minimum absolute atomic E-state index is 0.0000784. The smallest absolute Gasteiger partial charge is 0.137 e. The third-order valence-electron chi connectivity index (χ3n) is 9.20. The van der Waals surface area contributed by atoms with Crippen molar-refractivity contribution in [3.05, 3.63) is 0 Å². The molecule has 25 heavy (non-hydrogen) atoms. The van der Waals surface area contributed by atoms with Crippen molar-refractivity contribution in [1.82, 2.24) is 0 Å². The Morgan fingerprint density at radius 1 is 0.960 bits per heavy atom. The summed E-state index contributed by atoms with van der Waals surface area (Å²) in [6, 6.07) is 0. The zero-order chi connectivity index (χ0) is 18.2. The van der Waals surface area contributed by atoms with Gasteiger partial charge in [-0.15, -0.1) is 0 Å². The predicted octanol–water partition coefficient (Wildman–Crippen LogP) is 4.37. The van der Waals surface area contributed by atoms with Gasteiger partial charge in [-0.3, -0.25) is 14.4 Å². The average Bonchev–Trinajstić information content (AvgIpc) is 2.85. The first kappa shape index (κ1) is 17.4. The molecule has 0 aromatic rings. The summed E-state index contributed by atoms with van der Waals surface area (Å²) >= 11 is 0. The van der Waals surface area contributed by atoms with E-state index >= 15 is 0 Å². The highest BCUT2D eigenvalue weighted by Gasteiger charge is 2.68. The molecule has 0 unspecified atom stereocenters. The van der Waals surface area contributed by atoms with E-state index in [1.54, 1.807) is 6.92 Å². The highest BCUT2D eigenvalue weighted by Crippen LogP contribution is 2.71. The van der Waals surface area contributed by atoms with Gasteiger partial charge in [-0.25, -0.2) is 0 Å². The Bertz CT molecular complexity index is 652. The van der Waals surface area contributed by atoms with E-state index in [1.165, 1.54) is 0 Å². The highest BCUT2D eigenvalue weighted by atomic mass is 16.1. The van der Waals surface area contributed by atoms with Crippen LogP contribution in [-0.2, 0) is 14.4 Å². The van der Waals surface area contributed by atoms with Crippen LogP contribution < -0.4 is 0 Å². The average molecular weight is 344 g/mol. The maximum absolute atomic E-state index is 13.5. The Kier molecular flexibility index (Phi) is 3.67. The molecule has 0 aromatic carbocycles. The fourth-order valence-corrected chi connectivity index (χ4v) is 8.24. The van der Waals surface area contributed by atoms with E-state index in [-0.39, 0.29) is 33.9 Å². The maximum atomic E-state index is 13.5. The molecule has 3 nitrogen and oxygen atoms in total. The molecular formula is C22H32O3. The highest BCUT2D eigenvalue weighted by molar-refractivity contribution is 5.88. The standard InChI is InChI=1S/C22H32O3/c1-13(23)16-5-6-18-21(3)9-7-14-11-15(24)8-10-20(14,2)19(21)17(25)12-22(16,18)4/h14,16,18-19H,5-12H2,1-4H3/t14-,16-,18-,19+,20-,21-,22+/m0/s1. The summed E-state index contributed by atoms with van der Waals surface area (Å²) in [6.45, 7) is 8.57. The first-order valence-electron chi connectivity index (χ1n) is 10.2. The molecule has 0 amide bonds. The minimum atomic E-state index is -0.151. The molecule has 0 radical (unpaired) electrons. The quantitative estimate of drug-likeness (QED) is 0.709. The van der Waals surface area contributed by atoms with Crippen LogP contribution >= 0.6 is 0 Å². The molecule has 7 atom stereocenters. The lowest BCUT2D eigenvalue weighted by molar-refractivity contribution is -0.180. The van der Waals surface area contributed by atoms with E-state index in [4.69, 9.17) is 0 Å².